The van der Waals surface area contributed by atoms with E-state index in [-0.39, 0.29) is 17.3 Å². The summed E-state index contributed by atoms with van der Waals surface area (Å²) in [6.45, 7) is 1.76. The van der Waals surface area contributed by atoms with Gasteiger partial charge in [-0.15, -0.1) is 0 Å². The molecule has 1 heterocycles. The molecule has 0 aliphatic carbocycles. The number of para-hydroxylation sites is 1. The molecule has 2 N–H and O–H groups in total. The highest BCUT2D eigenvalue weighted by Crippen LogP contribution is 2.31. The number of nitro benzene ring substituents is 1. The molecule has 7 heteroatoms. The average molecular weight is 276 g/mol. The number of carboxylic acid groups (broad SMARTS) is 1. The van der Waals surface area contributed by atoms with Gasteiger partial charge < -0.3 is 14.8 Å². The second-order valence-corrected chi connectivity index (χ2v) is 4.15. The van der Waals surface area contributed by atoms with E-state index in [0.717, 1.165) is 0 Å². The van der Waals surface area contributed by atoms with Gasteiger partial charge in [-0.1, -0.05) is 6.07 Å². The lowest BCUT2D eigenvalue weighted by atomic mass is 10.1. The van der Waals surface area contributed by atoms with Crippen molar-refractivity contribution >= 4 is 17.3 Å². The fourth-order valence-corrected chi connectivity index (χ4v) is 1.87. The predicted octanol–water partition coefficient (Wildman–Crippen LogP) is 3.06. The second-order valence-electron chi connectivity index (χ2n) is 4.15. The van der Waals surface area contributed by atoms with Gasteiger partial charge in [0.05, 0.1) is 17.2 Å². The predicted molar refractivity (Wildman–Crippen MR) is 70.8 cm³/mol. The Balaban J connectivity index is 2.39. The van der Waals surface area contributed by atoms with Gasteiger partial charge in [-0.3, -0.25) is 10.1 Å². The topological polar surface area (TPSA) is 106 Å². The number of benzene rings is 1. The van der Waals surface area contributed by atoms with Gasteiger partial charge in [0.15, 0.2) is 0 Å². The Bertz CT molecular complexity index is 636. The third-order valence-corrected chi connectivity index (χ3v) is 2.79. The van der Waals surface area contributed by atoms with Crippen LogP contribution in [0.2, 0.25) is 0 Å². The summed E-state index contributed by atoms with van der Waals surface area (Å²) in [6, 6.07) is 7.22. The van der Waals surface area contributed by atoms with Crippen LogP contribution < -0.4 is 5.32 Å². The highest BCUT2D eigenvalue weighted by Gasteiger charge is 2.25. The van der Waals surface area contributed by atoms with Crippen LogP contribution in [0.3, 0.4) is 0 Å². The van der Waals surface area contributed by atoms with Gasteiger partial charge >= 0.3 is 11.7 Å². The monoisotopic (exact) mass is 276 g/mol. The van der Waals surface area contributed by atoms with Crippen molar-refractivity contribution < 1.29 is 19.2 Å². The van der Waals surface area contributed by atoms with Gasteiger partial charge in [0.25, 0.3) is 0 Å². The van der Waals surface area contributed by atoms with Gasteiger partial charge in [-0.05, 0) is 31.2 Å². The van der Waals surface area contributed by atoms with Gasteiger partial charge in [-0.2, -0.15) is 0 Å². The molecule has 1 unspecified atom stereocenters. The molecule has 0 radical (unpaired) electrons. The molecule has 20 heavy (non-hydrogen) atoms. The van der Waals surface area contributed by atoms with E-state index in [1.54, 1.807) is 19.1 Å². The summed E-state index contributed by atoms with van der Waals surface area (Å²) < 4.78 is 5.20. The van der Waals surface area contributed by atoms with E-state index in [0.29, 0.717) is 5.76 Å². The zero-order valence-electron chi connectivity index (χ0n) is 10.6. The van der Waals surface area contributed by atoms with E-state index in [4.69, 9.17) is 9.52 Å². The largest absolute Gasteiger partial charge is 0.477 e. The van der Waals surface area contributed by atoms with Crippen molar-refractivity contribution in [3.63, 3.8) is 0 Å². The van der Waals surface area contributed by atoms with Crippen molar-refractivity contribution in [2.75, 3.05) is 5.32 Å². The van der Waals surface area contributed by atoms with Crippen LogP contribution in [0.15, 0.2) is 41.0 Å². The Morgan fingerprint density at radius 2 is 2.15 bits per heavy atom. The summed E-state index contributed by atoms with van der Waals surface area (Å²) in [5, 5.41) is 23.0. The number of nitrogens with one attached hydrogen (secondary N) is 1. The summed E-state index contributed by atoms with van der Waals surface area (Å²) in [4.78, 5) is 21.4. The van der Waals surface area contributed by atoms with Crippen molar-refractivity contribution in [2.45, 2.75) is 13.0 Å². The summed E-state index contributed by atoms with van der Waals surface area (Å²) in [6.07, 6.45) is 1.50. The van der Waals surface area contributed by atoms with Crippen molar-refractivity contribution in [2.24, 2.45) is 0 Å². The average Bonchev–Trinajstić information content (AvgIpc) is 2.91. The van der Waals surface area contributed by atoms with Crippen LogP contribution in [0.4, 0.5) is 11.4 Å². The van der Waals surface area contributed by atoms with Crippen LogP contribution in [0.5, 0.6) is 0 Å². The van der Waals surface area contributed by atoms with Crippen LogP contribution in [0.25, 0.3) is 0 Å². The van der Waals surface area contributed by atoms with Crippen LogP contribution in [-0.2, 0) is 0 Å². The third-order valence-electron chi connectivity index (χ3n) is 2.79. The Labute approximate surface area is 114 Å². The van der Waals surface area contributed by atoms with Crippen LogP contribution >= 0.6 is 0 Å². The minimum Gasteiger partial charge on any atom is -0.477 e. The zero-order chi connectivity index (χ0) is 14.7. The lowest BCUT2D eigenvalue weighted by molar-refractivity contribution is -0.384. The summed E-state index contributed by atoms with van der Waals surface area (Å²) >= 11 is 0. The quantitative estimate of drug-likeness (QED) is 0.642. The van der Waals surface area contributed by atoms with E-state index in [2.05, 4.69) is 5.32 Å². The minimum absolute atomic E-state index is 0.138. The summed E-state index contributed by atoms with van der Waals surface area (Å²) in [5.41, 5.74) is -0.677. The van der Waals surface area contributed by atoms with Crippen LogP contribution in [0, 0.1) is 10.1 Å². The molecule has 0 saturated carbocycles. The molecule has 2 aromatic rings. The van der Waals surface area contributed by atoms with Crippen molar-refractivity contribution in [1.82, 2.24) is 0 Å². The maximum absolute atomic E-state index is 11.1. The smallest absolute Gasteiger partial charge is 0.342 e. The summed E-state index contributed by atoms with van der Waals surface area (Å²) in [5.74, 6) is -0.744. The van der Waals surface area contributed by atoms with E-state index in [1.165, 1.54) is 24.5 Å². The molecule has 7 nitrogen and oxygen atoms in total. The molecule has 1 aromatic heterocycles. The molecule has 0 fully saturated rings. The normalized spacial score (nSPS) is 11.8. The lowest BCUT2D eigenvalue weighted by Gasteiger charge is -2.13. The highest BCUT2D eigenvalue weighted by atomic mass is 16.6. The number of rotatable bonds is 5. The Hall–Kier alpha value is -2.83. The molecule has 0 aliphatic heterocycles. The first kappa shape index (κ1) is 13.6. The van der Waals surface area contributed by atoms with Crippen molar-refractivity contribution in [3.05, 3.63) is 58.0 Å². The van der Waals surface area contributed by atoms with Crippen LogP contribution in [0.1, 0.15) is 29.1 Å². The van der Waals surface area contributed by atoms with Gasteiger partial charge in [0, 0.05) is 0 Å². The van der Waals surface area contributed by atoms with Gasteiger partial charge in [0.1, 0.15) is 17.0 Å². The molecule has 0 spiro atoms. The minimum atomic E-state index is -1.34. The first-order valence-electron chi connectivity index (χ1n) is 5.81. The molecule has 0 aliphatic rings. The number of hydrogen-bond acceptors (Lipinski definition) is 5. The number of anilines is 1. The number of furan rings is 1. The molecule has 2 rings (SSSR count). The number of nitro groups is 1. The van der Waals surface area contributed by atoms with E-state index >= 15 is 0 Å². The number of carbonyl (C=O) groups is 1. The SMILES string of the molecule is CC(Nc1cccc(C(=O)O)c1[N+](=O)[O-])c1ccco1. The van der Waals surface area contributed by atoms with E-state index in [1.807, 2.05) is 0 Å². The molecule has 0 saturated heterocycles. The molecular formula is C13H12N2O5. The molecule has 0 amide bonds. The summed E-state index contributed by atoms with van der Waals surface area (Å²) in [7, 11) is 0. The second kappa shape index (κ2) is 5.43. The molecule has 1 atom stereocenters. The first-order valence-corrected chi connectivity index (χ1v) is 5.81. The number of aromatic carboxylic acids is 1. The van der Waals surface area contributed by atoms with E-state index < -0.39 is 16.6 Å². The van der Waals surface area contributed by atoms with Gasteiger partial charge in [0.2, 0.25) is 0 Å². The first-order chi connectivity index (χ1) is 9.50. The third kappa shape index (κ3) is 2.61. The zero-order valence-corrected chi connectivity index (χ0v) is 10.6. The fourth-order valence-electron chi connectivity index (χ4n) is 1.87. The van der Waals surface area contributed by atoms with Crippen LogP contribution in [-0.4, -0.2) is 16.0 Å². The molecular weight excluding hydrogens is 264 g/mol. The van der Waals surface area contributed by atoms with E-state index in [9.17, 15) is 14.9 Å². The molecule has 1 aromatic carbocycles. The Morgan fingerprint density at radius 3 is 2.70 bits per heavy atom. The Kier molecular flexibility index (Phi) is 3.69. The molecule has 0 bridgehead atoms. The maximum Gasteiger partial charge on any atom is 0.342 e. The Morgan fingerprint density at radius 1 is 1.40 bits per heavy atom. The fraction of sp³-hybridized carbons (Fsp3) is 0.154. The van der Waals surface area contributed by atoms with Crippen molar-refractivity contribution in [3.8, 4) is 0 Å². The number of carboxylic acids is 1. The number of nitrogens with zero attached hydrogens (tertiary/aromatic N) is 1. The lowest BCUT2D eigenvalue weighted by Crippen LogP contribution is -2.10. The highest BCUT2D eigenvalue weighted by molar-refractivity contribution is 5.95. The standard InChI is InChI=1S/C13H12N2O5/c1-8(11-6-3-7-20-11)14-10-5-2-4-9(13(16)17)12(10)15(18)19/h2-8,14H,1H3,(H,16,17). The van der Waals surface area contributed by atoms with Crippen molar-refractivity contribution in [1.29, 1.82) is 0 Å². The number of hydrogen-bond donors (Lipinski definition) is 2. The molecule has 104 valence electrons. The maximum atomic E-state index is 11.1. The van der Waals surface area contributed by atoms with Gasteiger partial charge in [-0.25, -0.2) is 4.79 Å².